The highest BCUT2D eigenvalue weighted by Crippen LogP contribution is 2.49. The third kappa shape index (κ3) is 4.06. The molecule has 0 saturated carbocycles. The zero-order valence-electron chi connectivity index (χ0n) is 13.7. The molecular weight excluding hydrogens is 466 g/mol. The Hall–Kier alpha value is -1.14. The van der Waals surface area contributed by atoms with E-state index in [1.54, 1.807) is 24.3 Å². The van der Waals surface area contributed by atoms with Gasteiger partial charge < -0.3 is 14.2 Å². The summed E-state index contributed by atoms with van der Waals surface area (Å²) in [7, 11) is 1.36. The standard InChI is InChI=1S/C18H14BrCl3O4/c1-24-15(23)4-10-8-25-17-12(10)6-14(22)18(16(17)19)26-7-9-2-3-11(20)5-13(9)21/h2-3,5-6,10H,4,7-8H2,1H3/t10-/m1/s1. The number of fused-ring (bicyclic) bond motifs is 1. The smallest absolute Gasteiger partial charge is 0.306 e. The molecule has 0 amide bonds. The van der Waals surface area contributed by atoms with Crippen molar-refractivity contribution in [3.05, 3.63) is 54.9 Å². The van der Waals surface area contributed by atoms with Crippen LogP contribution in [-0.4, -0.2) is 19.7 Å². The lowest BCUT2D eigenvalue weighted by molar-refractivity contribution is -0.141. The molecule has 2 aromatic rings. The molecule has 3 rings (SSSR count). The van der Waals surface area contributed by atoms with Crippen LogP contribution in [0.2, 0.25) is 15.1 Å². The Bertz CT molecular complexity index is 857. The van der Waals surface area contributed by atoms with Crippen molar-refractivity contribution in [2.24, 2.45) is 0 Å². The molecule has 1 atom stereocenters. The van der Waals surface area contributed by atoms with E-state index in [0.29, 0.717) is 37.6 Å². The maximum absolute atomic E-state index is 11.6. The predicted molar refractivity (Wildman–Crippen MR) is 105 cm³/mol. The minimum Gasteiger partial charge on any atom is -0.491 e. The van der Waals surface area contributed by atoms with Crippen LogP contribution in [-0.2, 0) is 16.1 Å². The van der Waals surface area contributed by atoms with Crippen LogP contribution < -0.4 is 9.47 Å². The Morgan fingerprint density at radius 3 is 2.73 bits per heavy atom. The zero-order valence-corrected chi connectivity index (χ0v) is 17.5. The van der Waals surface area contributed by atoms with Crippen molar-refractivity contribution in [1.29, 1.82) is 0 Å². The first-order valence-corrected chi connectivity index (χ1v) is 9.61. The van der Waals surface area contributed by atoms with Crippen molar-refractivity contribution in [3.63, 3.8) is 0 Å². The third-order valence-corrected chi connectivity index (χ3v) is 5.64. The Morgan fingerprint density at radius 2 is 2.04 bits per heavy atom. The molecule has 4 nitrogen and oxygen atoms in total. The molecule has 1 aliphatic rings. The number of carbonyl (C=O) groups excluding carboxylic acids is 1. The summed E-state index contributed by atoms with van der Waals surface area (Å²) in [6, 6.07) is 6.96. The zero-order chi connectivity index (χ0) is 18.8. The van der Waals surface area contributed by atoms with Crippen molar-refractivity contribution in [2.45, 2.75) is 18.9 Å². The average molecular weight is 481 g/mol. The van der Waals surface area contributed by atoms with E-state index in [0.717, 1.165) is 11.1 Å². The summed E-state index contributed by atoms with van der Waals surface area (Å²) >= 11 is 22.0. The van der Waals surface area contributed by atoms with Crippen LogP contribution in [0.15, 0.2) is 28.7 Å². The van der Waals surface area contributed by atoms with Gasteiger partial charge in [0.05, 0.1) is 25.2 Å². The highest BCUT2D eigenvalue weighted by atomic mass is 79.9. The predicted octanol–water partition coefficient (Wildman–Crippen LogP) is 6.03. The Balaban J connectivity index is 1.83. The first-order valence-electron chi connectivity index (χ1n) is 7.69. The summed E-state index contributed by atoms with van der Waals surface area (Å²) in [6.45, 7) is 0.602. The highest BCUT2D eigenvalue weighted by molar-refractivity contribution is 9.10. The van der Waals surface area contributed by atoms with Gasteiger partial charge in [-0.25, -0.2) is 0 Å². The molecule has 0 N–H and O–H groups in total. The summed E-state index contributed by atoms with van der Waals surface area (Å²) in [5, 5.41) is 1.49. The van der Waals surface area contributed by atoms with Gasteiger partial charge in [-0.3, -0.25) is 4.79 Å². The summed E-state index contributed by atoms with van der Waals surface area (Å²) < 4.78 is 16.9. The molecule has 8 heteroatoms. The van der Waals surface area contributed by atoms with E-state index in [1.807, 2.05) is 0 Å². The number of halogens is 4. The first kappa shape index (κ1) is 19.6. The highest BCUT2D eigenvalue weighted by Gasteiger charge is 2.31. The molecule has 0 aliphatic carbocycles. The van der Waals surface area contributed by atoms with Crippen molar-refractivity contribution in [3.8, 4) is 11.5 Å². The molecule has 138 valence electrons. The van der Waals surface area contributed by atoms with E-state index < -0.39 is 0 Å². The van der Waals surface area contributed by atoms with Crippen LogP contribution >= 0.6 is 50.7 Å². The molecule has 0 unspecified atom stereocenters. The topological polar surface area (TPSA) is 44.8 Å². The van der Waals surface area contributed by atoms with Crippen LogP contribution in [0.1, 0.15) is 23.5 Å². The van der Waals surface area contributed by atoms with Crippen LogP contribution in [0.25, 0.3) is 0 Å². The van der Waals surface area contributed by atoms with Crippen LogP contribution in [0.4, 0.5) is 0 Å². The van der Waals surface area contributed by atoms with Crippen LogP contribution in [0.5, 0.6) is 11.5 Å². The largest absolute Gasteiger partial charge is 0.491 e. The van der Waals surface area contributed by atoms with Gasteiger partial charge in [-0.15, -0.1) is 0 Å². The first-order chi connectivity index (χ1) is 12.4. The number of hydrogen-bond donors (Lipinski definition) is 0. The van der Waals surface area contributed by atoms with E-state index in [9.17, 15) is 4.79 Å². The van der Waals surface area contributed by atoms with Gasteiger partial charge in [-0.1, -0.05) is 40.9 Å². The van der Waals surface area contributed by atoms with E-state index in [2.05, 4.69) is 15.9 Å². The maximum atomic E-state index is 11.6. The molecule has 1 heterocycles. The van der Waals surface area contributed by atoms with Gasteiger partial charge in [0, 0.05) is 27.1 Å². The fourth-order valence-corrected chi connectivity index (χ4v) is 4.22. The van der Waals surface area contributed by atoms with Crippen molar-refractivity contribution >= 4 is 56.7 Å². The lowest BCUT2D eigenvalue weighted by Gasteiger charge is -2.14. The summed E-state index contributed by atoms with van der Waals surface area (Å²) in [6.07, 6.45) is 0.229. The van der Waals surface area contributed by atoms with Crippen molar-refractivity contribution < 1.29 is 19.0 Å². The normalized spacial score (nSPS) is 15.3. The number of rotatable bonds is 5. The SMILES string of the molecule is COC(=O)C[C@@H]1COc2c1cc(Cl)c(OCc1ccc(Cl)cc1Cl)c2Br. The van der Waals surface area contributed by atoms with E-state index >= 15 is 0 Å². The number of ether oxygens (including phenoxy) is 3. The van der Waals surface area contributed by atoms with Gasteiger partial charge in [0.15, 0.2) is 5.75 Å². The minimum atomic E-state index is -0.295. The number of methoxy groups -OCH3 is 1. The second-order valence-corrected chi connectivity index (χ2v) is 7.78. The fourth-order valence-electron chi connectivity index (χ4n) is 2.70. The number of esters is 1. The van der Waals surface area contributed by atoms with E-state index in [1.165, 1.54) is 7.11 Å². The van der Waals surface area contributed by atoms with Crippen molar-refractivity contribution in [2.75, 3.05) is 13.7 Å². The lowest BCUT2D eigenvalue weighted by Crippen LogP contribution is -2.09. The molecular formula is C18H14BrCl3O4. The average Bonchev–Trinajstić information content (AvgIpc) is 2.99. The number of hydrogen-bond acceptors (Lipinski definition) is 4. The Morgan fingerprint density at radius 1 is 1.27 bits per heavy atom. The summed E-state index contributed by atoms with van der Waals surface area (Å²) in [5.41, 5.74) is 1.63. The fraction of sp³-hybridized carbons (Fsp3) is 0.278. The van der Waals surface area contributed by atoms with Gasteiger partial charge in [-0.05, 0) is 34.1 Å². The van der Waals surface area contributed by atoms with E-state index in [-0.39, 0.29) is 24.9 Å². The molecule has 26 heavy (non-hydrogen) atoms. The van der Waals surface area contributed by atoms with Crippen molar-refractivity contribution in [1.82, 2.24) is 0 Å². The minimum absolute atomic E-state index is 0.106. The molecule has 0 fully saturated rings. The van der Waals surface area contributed by atoms with Gasteiger partial charge in [0.1, 0.15) is 16.8 Å². The molecule has 0 aromatic heterocycles. The lowest BCUT2D eigenvalue weighted by atomic mass is 9.98. The molecule has 0 saturated heterocycles. The summed E-state index contributed by atoms with van der Waals surface area (Å²) in [5.74, 6) is 0.679. The number of carbonyl (C=O) groups is 1. The van der Waals surface area contributed by atoms with Crippen LogP contribution in [0.3, 0.4) is 0 Å². The third-order valence-electron chi connectivity index (χ3n) is 4.06. The molecule has 0 spiro atoms. The number of benzene rings is 2. The second-order valence-electron chi connectivity index (χ2n) is 5.73. The van der Waals surface area contributed by atoms with Gasteiger partial charge in [0.25, 0.3) is 0 Å². The molecule has 1 aliphatic heterocycles. The van der Waals surface area contributed by atoms with Gasteiger partial charge in [0.2, 0.25) is 0 Å². The monoisotopic (exact) mass is 478 g/mol. The Kier molecular flexibility index (Phi) is 6.23. The maximum Gasteiger partial charge on any atom is 0.306 e. The van der Waals surface area contributed by atoms with Crippen LogP contribution in [0, 0.1) is 0 Å². The molecule has 0 radical (unpaired) electrons. The summed E-state index contributed by atoms with van der Waals surface area (Å²) in [4.78, 5) is 11.6. The molecule has 0 bridgehead atoms. The van der Waals surface area contributed by atoms with E-state index in [4.69, 9.17) is 49.0 Å². The van der Waals surface area contributed by atoms with Gasteiger partial charge >= 0.3 is 5.97 Å². The van der Waals surface area contributed by atoms with Gasteiger partial charge in [-0.2, -0.15) is 0 Å². The molecule has 2 aromatic carbocycles. The quantitative estimate of drug-likeness (QED) is 0.491. The second kappa shape index (κ2) is 8.26. The Labute approximate surface area is 174 Å².